The van der Waals surface area contributed by atoms with E-state index in [1.165, 1.54) is 5.56 Å². The van der Waals surface area contributed by atoms with Gasteiger partial charge in [-0.1, -0.05) is 42.5 Å². The van der Waals surface area contributed by atoms with Crippen LogP contribution in [-0.4, -0.2) is 15.2 Å². The minimum atomic E-state index is 0.360. The number of anilines is 1. The molecule has 6 heteroatoms. The molecule has 128 valence electrons. The zero-order valence-corrected chi connectivity index (χ0v) is 14.1. The normalized spacial score (nSPS) is 11.4. The number of hydrogen-bond donors (Lipinski definition) is 2. The van der Waals surface area contributed by atoms with Crippen LogP contribution in [0.4, 0.5) is 17.2 Å². The van der Waals surface area contributed by atoms with Crippen LogP contribution in [0.5, 0.6) is 0 Å². The van der Waals surface area contributed by atoms with Crippen molar-refractivity contribution in [1.29, 1.82) is 0 Å². The predicted octanol–water partition coefficient (Wildman–Crippen LogP) is 4.74. The summed E-state index contributed by atoms with van der Waals surface area (Å²) in [6.45, 7) is 0. The second-order valence-electron chi connectivity index (χ2n) is 6.00. The summed E-state index contributed by atoms with van der Waals surface area (Å²) in [4.78, 5) is 4.14. The molecule has 26 heavy (non-hydrogen) atoms. The molecule has 0 saturated carbocycles. The summed E-state index contributed by atoms with van der Waals surface area (Å²) in [5, 5.41) is 17.9. The third-order valence-corrected chi connectivity index (χ3v) is 4.26. The van der Waals surface area contributed by atoms with E-state index in [0.29, 0.717) is 11.5 Å². The van der Waals surface area contributed by atoms with Crippen molar-refractivity contribution in [3.8, 4) is 0 Å². The van der Waals surface area contributed by atoms with E-state index in [-0.39, 0.29) is 0 Å². The first-order chi connectivity index (χ1) is 12.8. The minimum Gasteiger partial charge on any atom is -0.380 e. The fraction of sp³-hybridized carbons (Fsp3) is 0.100. The third kappa shape index (κ3) is 3.30. The number of benzene rings is 2. The fourth-order valence-corrected chi connectivity index (χ4v) is 2.88. The molecule has 0 atom stereocenters. The number of pyridine rings is 1. The molecule has 0 saturated heterocycles. The maximum absolute atomic E-state index is 5.98. The van der Waals surface area contributed by atoms with E-state index >= 15 is 0 Å². The molecule has 2 heterocycles. The van der Waals surface area contributed by atoms with Gasteiger partial charge in [0.25, 0.3) is 0 Å². The Balaban J connectivity index is 1.60. The summed E-state index contributed by atoms with van der Waals surface area (Å²) < 4.78 is 0. The van der Waals surface area contributed by atoms with Crippen LogP contribution in [0.1, 0.15) is 11.3 Å². The molecule has 0 spiro atoms. The molecule has 6 nitrogen and oxygen atoms in total. The van der Waals surface area contributed by atoms with Crippen LogP contribution in [0.3, 0.4) is 0 Å². The fourth-order valence-electron chi connectivity index (χ4n) is 2.88. The standard InChI is InChI=1S/C20H18N6/c21-20-19(18(24-26-20)10-9-14-5-2-1-3-6-14)25-23-17-8-4-7-15-13-22-12-11-16(15)17/h1-8,11-13H,9-10H2,(H3,21,24,26). The molecule has 0 aliphatic carbocycles. The van der Waals surface area contributed by atoms with E-state index in [4.69, 9.17) is 5.73 Å². The van der Waals surface area contributed by atoms with Gasteiger partial charge in [0.15, 0.2) is 11.5 Å². The highest BCUT2D eigenvalue weighted by Crippen LogP contribution is 2.30. The van der Waals surface area contributed by atoms with Gasteiger partial charge in [0.1, 0.15) is 0 Å². The first-order valence-corrected chi connectivity index (χ1v) is 8.42. The number of aromatic amines is 1. The Morgan fingerprint density at radius 2 is 1.81 bits per heavy atom. The molecular formula is C20H18N6. The topological polar surface area (TPSA) is 92.3 Å². The Bertz CT molecular complexity index is 1050. The van der Waals surface area contributed by atoms with E-state index in [0.717, 1.165) is 35.0 Å². The summed E-state index contributed by atoms with van der Waals surface area (Å²) in [7, 11) is 0. The lowest BCUT2D eigenvalue weighted by Crippen LogP contribution is -1.92. The van der Waals surface area contributed by atoms with Crippen LogP contribution in [-0.2, 0) is 12.8 Å². The number of H-pyrrole nitrogens is 1. The maximum atomic E-state index is 5.98. The second kappa shape index (κ2) is 7.14. The summed E-state index contributed by atoms with van der Waals surface area (Å²) in [5.74, 6) is 0.360. The molecule has 0 aliphatic heterocycles. The van der Waals surface area contributed by atoms with Gasteiger partial charge in [0.2, 0.25) is 0 Å². The van der Waals surface area contributed by atoms with Crippen molar-refractivity contribution in [2.24, 2.45) is 10.2 Å². The molecular weight excluding hydrogens is 324 g/mol. The van der Waals surface area contributed by atoms with Crippen LogP contribution >= 0.6 is 0 Å². The zero-order valence-electron chi connectivity index (χ0n) is 14.1. The number of hydrogen-bond acceptors (Lipinski definition) is 5. The average molecular weight is 342 g/mol. The molecule has 0 aliphatic rings. The molecule has 4 rings (SSSR count). The molecule has 2 aromatic carbocycles. The van der Waals surface area contributed by atoms with Crippen LogP contribution in [0.2, 0.25) is 0 Å². The number of aryl methyl sites for hydroxylation is 2. The molecule has 2 aromatic heterocycles. The number of nitrogens with two attached hydrogens (primary N) is 1. The van der Waals surface area contributed by atoms with Gasteiger partial charge >= 0.3 is 0 Å². The van der Waals surface area contributed by atoms with Gasteiger partial charge in [0.05, 0.1) is 11.4 Å². The Labute approximate surface area is 150 Å². The lowest BCUT2D eigenvalue weighted by atomic mass is 10.1. The van der Waals surface area contributed by atoms with Crippen molar-refractivity contribution in [3.05, 3.63) is 78.2 Å². The highest BCUT2D eigenvalue weighted by molar-refractivity contribution is 5.91. The molecule has 0 radical (unpaired) electrons. The summed E-state index contributed by atoms with van der Waals surface area (Å²) in [6.07, 6.45) is 5.21. The molecule has 3 N–H and O–H groups in total. The van der Waals surface area contributed by atoms with Crippen molar-refractivity contribution >= 4 is 28.0 Å². The van der Waals surface area contributed by atoms with Gasteiger partial charge in [-0.15, -0.1) is 10.2 Å². The predicted molar refractivity (Wildman–Crippen MR) is 103 cm³/mol. The monoisotopic (exact) mass is 342 g/mol. The van der Waals surface area contributed by atoms with Crippen molar-refractivity contribution in [3.63, 3.8) is 0 Å². The minimum absolute atomic E-state index is 0.360. The Hall–Kier alpha value is -3.54. The number of rotatable bonds is 5. The van der Waals surface area contributed by atoms with Crippen molar-refractivity contribution in [2.45, 2.75) is 12.8 Å². The van der Waals surface area contributed by atoms with Crippen molar-refractivity contribution in [1.82, 2.24) is 15.2 Å². The zero-order chi connectivity index (χ0) is 17.8. The molecule has 0 amide bonds. The van der Waals surface area contributed by atoms with Crippen LogP contribution in [0, 0.1) is 0 Å². The maximum Gasteiger partial charge on any atom is 0.173 e. The molecule has 0 bridgehead atoms. The van der Waals surface area contributed by atoms with Crippen LogP contribution < -0.4 is 5.73 Å². The van der Waals surface area contributed by atoms with E-state index in [2.05, 4.69) is 37.5 Å². The Morgan fingerprint density at radius 3 is 2.69 bits per heavy atom. The number of nitrogens with one attached hydrogen (secondary N) is 1. The third-order valence-electron chi connectivity index (χ3n) is 4.26. The second-order valence-corrected chi connectivity index (χ2v) is 6.00. The summed E-state index contributed by atoms with van der Waals surface area (Å²) in [5.41, 5.74) is 9.50. The highest BCUT2D eigenvalue weighted by Gasteiger charge is 2.11. The highest BCUT2D eigenvalue weighted by atomic mass is 15.2. The van der Waals surface area contributed by atoms with Crippen molar-refractivity contribution in [2.75, 3.05) is 5.73 Å². The lowest BCUT2D eigenvalue weighted by Gasteiger charge is -2.02. The molecule has 0 unspecified atom stereocenters. The van der Waals surface area contributed by atoms with Gasteiger partial charge in [-0.3, -0.25) is 10.1 Å². The lowest BCUT2D eigenvalue weighted by molar-refractivity contribution is 0.891. The first kappa shape index (κ1) is 16.0. The summed E-state index contributed by atoms with van der Waals surface area (Å²) in [6, 6.07) is 18.1. The van der Waals surface area contributed by atoms with E-state index in [1.807, 2.05) is 48.7 Å². The molecule has 4 aromatic rings. The molecule has 0 fully saturated rings. The number of fused-ring (bicyclic) bond motifs is 1. The van der Waals surface area contributed by atoms with Gasteiger partial charge in [0, 0.05) is 23.2 Å². The van der Waals surface area contributed by atoms with Gasteiger partial charge in [-0.05, 0) is 30.5 Å². The smallest absolute Gasteiger partial charge is 0.173 e. The number of azo groups is 1. The largest absolute Gasteiger partial charge is 0.380 e. The average Bonchev–Trinajstić information content (AvgIpc) is 3.05. The summed E-state index contributed by atoms with van der Waals surface area (Å²) >= 11 is 0. The van der Waals surface area contributed by atoms with Gasteiger partial charge in [-0.2, -0.15) is 5.10 Å². The van der Waals surface area contributed by atoms with Crippen LogP contribution in [0.25, 0.3) is 10.8 Å². The van der Waals surface area contributed by atoms with Gasteiger partial charge in [-0.25, -0.2) is 0 Å². The van der Waals surface area contributed by atoms with Gasteiger partial charge < -0.3 is 5.73 Å². The van der Waals surface area contributed by atoms with E-state index in [9.17, 15) is 0 Å². The first-order valence-electron chi connectivity index (χ1n) is 8.42. The quantitative estimate of drug-likeness (QED) is 0.513. The van der Waals surface area contributed by atoms with E-state index < -0.39 is 0 Å². The number of aromatic nitrogens is 3. The Morgan fingerprint density at radius 1 is 0.923 bits per heavy atom. The van der Waals surface area contributed by atoms with E-state index in [1.54, 1.807) is 6.20 Å². The number of nitrogen functional groups attached to an aromatic ring is 1. The Kier molecular flexibility index (Phi) is 4.38. The SMILES string of the molecule is Nc1n[nH]c(CCc2ccccc2)c1N=Nc1cccc2cnccc12. The van der Waals surface area contributed by atoms with Crippen LogP contribution in [0.15, 0.2) is 77.2 Å². The van der Waals surface area contributed by atoms with Crippen molar-refractivity contribution < 1.29 is 0 Å². The number of nitrogens with zero attached hydrogens (tertiary/aromatic N) is 4.